The molecule has 9 heteroatoms. The van der Waals surface area contributed by atoms with Gasteiger partial charge in [-0.05, 0) is 0 Å². The number of carboxylic acid groups (broad SMARTS) is 2. The normalized spacial score (nSPS) is 7.64. The number of nitrogens with one attached hydrogen (secondary N) is 2. The molecule has 0 atom stereocenters. The van der Waals surface area contributed by atoms with Crippen LogP contribution < -0.4 is 19.7 Å². The van der Waals surface area contributed by atoms with Crippen LogP contribution in [0.5, 0.6) is 0 Å². The van der Waals surface area contributed by atoms with Crippen molar-refractivity contribution in [2.75, 3.05) is 0 Å². The van der Waals surface area contributed by atoms with E-state index >= 15 is 0 Å². The Bertz CT molecular complexity index is 128. The van der Waals surface area contributed by atoms with E-state index in [1.807, 2.05) is 0 Å². The quantitative estimate of drug-likeness (QED) is 0.258. The SMILES string of the molecule is O=C([O-])NSSNC(=O)[O-].[Ni+2]. The van der Waals surface area contributed by atoms with E-state index in [0.717, 1.165) is 0 Å². The maximum atomic E-state index is 9.60. The van der Waals surface area contributed by atoms with Crippen LogP contribution in [-0.4, -0.2) is 12.2 Å². The molecule has 0 radical (unpaired) electrons. The smallest absolute Gasteiger partial charge is 0.529 e. The molecule has 0 aliphatic heterocycles. The first-order chi connectivity index (χ1) is 4.63. The Hall–Kier alpha value is -0.266. The molecule has 0 aliphatic carbocycles. The Kier molecular flexibility index (Phi) is 9.50. The van der Waals surface area contributed by atoms with Crippen molar-refractivity contribution >= 4 is 34.1 Å². The Balaban J connectivity index is 0. The fraction of sp³-hybridized carbons (Fsp3) is 0. The molecule has 0 unspecified atom stereocenters. The van der Waals surface area contributed by atoms with Crippen LogP contribution in [0.3, 0.4) is 0 Å². The van der Waals surface area contributed by atoms with Crippen LogP contribution in [-0.2, 0) is 16.5 Å². The maximum Gasteiger partial charge on any atom is 2.00 e. The first kappa shape index (κ1) is 13.3. The van der Waals surface area contributed by atoms with Gasteiger partial charge in [-0.1, -0.05) is 0 Å². The van der Waals surface area contributed by atoms with Gasteiger partial charge in [0.05, 0.1) is 0 Å². The summed E-state index contributed by atoms with van der Waals surface area (Å²) >= 11 is 0. The monoisotopic (exact) mass is 240 g/mol. The summed E-state index contributed by atoms with van der Waals surface area (Å²) in [6, 6.07) is 0. The average Bonchev–Trinajstić information content (AvgIpc) is 1.79. The molecule has 0 bridgehead atoms. The maximum absolute atomic E-state index is 9.60. The largest absolute Gasteiger partial charge is 2.00 e. The molecule has 0 heterocycles. The summed E-state index contributed by atoms with van der Waals surface area (Å²) in [5.41, 5.74) is 0. The molecule has 0 aromatic rings. The fourth-order valence-electron chi connectivity index (χ4n) is 0.110. The predicted octanol–water partition coefficient (Wildman–Crippen LogP) is -1.94. The molecule has 0 spiro atoms. The fourth-order valence-corrected chi connectivity index (χ4v) is 0.987. The Labute approximate surface area is 80.1 Å². The van der Waals surface area contributed by atoms with Crippen molar-refractivity contribution in [1.29, 1.82) is 0 Å². The van der Waals surface area contributed by atoms with E-state index in [9.17, 15) is 19.8 Å². The molecule has 0 aromatic carbocycles. The van der Waals surface area contributed by atoms with Crippen LogP contribution in [0.4, 0.5) is 9.59 Å². The summed E-state index contributed by atoms with van der Waals surface area (Å²) in [7, 11) is 1.12. The van der Waals surface area contributed by atoms with Crippen LogP contribution in [0, 0.1) is 0 Å². The van der Waals surface area contributed by atoms with Crippen molar-refractivity contribution in [3.63, 3.8) is 0 Å². The third-order valence-corrected chi connectivity index (χ3v) is 1.62. The second-order valence-electron chi connectivity index (χ2n) is 0.946. The molecule has 0 aromatic heterocycles. The first-order valence-corrected chi connectivity index (χ1v) is 4.04. The molecule has 66 valence electrons. The van der Waals surface area contributed by atoms with E-state index in [2.05, 4.69) is 0 Å². The third kappa shape index (κ3) is 12.8. The van der Waals surface area contributed by atoms with Crippen molar-refractivity contribution in [2.45, 2.75) is 0 Å². The molecule has 0 saturated heterocycles. The molecule has 2 amide bonds. The summed E-state index contributed by atoms with van der Waals surface area (Å²) < 4.78 is 3.46. The van der Waals surface area contributed by atoms with Crippen LogP contribution in [0.2, 0.25) is 0 Å². The summed E-state index contributed by atoms with van der Waals surface area (Å²) in [4.78, 5) is 19.2. The second-order valence-corrected chi connectivity index (χ2v) is 2.69. The van der Waals surface area contributed by atoms with Crippen molar-refractivity contribution in [3.8, 4) is 0 Å². The Morgan fingerprint density at radius 3 is 1.45 bits per heavy atom. The molecule has 6 nitrogen and oxygen atoms in total. The van der Waals surface area contributed by atoms with Crippen LogP contribution in [0.1, 0.15) is 0 Å². The molecule has 11 heavy (non-hydrogen) atoms. The number of hydrogen-bond acceptors (Lipinski definition) is 6. The van der Waals surface area contributed by atoms with E-state index < -0.39 is 12.2 Å². The summed E-state index contributed by atoms with van der Waals surface area (Å²) in [5.74, 6) is 0. The van der Waals surface area contributed by atoms with Crippen LogP contribution in [0.15, 0.2) is 0 Å². The van der Waals surface area contributed by atoms with Gasteiger partial charge in [-0.2, -0.15) is 0 Å². The number of rotatable bonds is 3. The van der Waals surface area contributed by atoms with E-state index in [1.165, 1.54) is 0 Å². The van der Waals surface area contributed by atoms with E-state index in [4.69, 9.17) is 0 Å². The van der Waals surface area contributed by atoms with E-state index in [0.29, 0.717) is 22.0 Å². The van der Waals surface area contributed by atoms with Crippen molar-refractivity contribution in [1.82, 2.24) is 9.44 Å². The molecule has 0 rings (SSSR count). The molecular weight excluding hydrogens is 239 g/mol. The molecular formula is C2H2N2NiO4S2. The number of hydrogen-bond donors (Lipinski definition) is 2. The summed E-state index contributed by atoms with van der Waals surface area (Å²) in [6.07, 6.45) is -2.98. The molecule has 0 fully saturated rings. The van der Waals surface area contributed by atoms with Crippen LogP contribution >= 0.6 is 22.0 Å². The van der Waals surface area contributed by atoms with Gasteiger partial charge in [0.25, 0.3) is 0 Å². The van der Waals surface area contributed by atoms with Gasteiger partial charge >= 0.3 is 16.5 Å². The second kappa shape index (κ2) is 7.84. The minimum Gasteiger partial charge on any atom is -0.529 e. The zero-order chi connectivity index (χ0) is 7.98. The van der Waals surface area contributed by atoms with Crippen molar-refractivity contribution in [3.05, 3.63) is 0 Å². The van der Waals surface area contributed by atoms with Gasteiger partial charge in [0.2, 0.25) is 0 Å². The van der Waals surface area contributed by atoms with Crippen molar-refractivity contribution in [2.24, 2.45) is 0 Å². The summed E-state index contributed by atoms with van der Waals surface area (Å²) in [5, 5.41) is 19.2. The van der Waals surface area contributed by atoms with Gasteiger partial charge in [-0.15, -0.1) is 0 Å². The minimum atomic E-state index is -1.49. The number of carbonyl (C=O) groups is 2. The summed E-state index contributed by atoms with van der Waals surface area (Å²) in [6.45, 7) is 0. The van der Waals surface area contributed by atoms with Gasteiger partial charge in [-0.25, -0.2) is 0 Å². The third-order valence-electron chi connectivity index (χ3n) is 0.292. The zero-order valence-corrected chi connectivity index (χ0v) is 7.39. The van der Waals surface area contributed by atoms with E-state index in [-0.39, 0.29) is 16.5 Å². The minimum absolute atomic E-state index is 0. The van der Waals surface area contributed by atoms with Gasteiger partial charge in [-0.3, -0.25) is 0 Å². The van der Waals surface area contributed by atoms with Gasteiger partial charge in [0, 0.05) is 22.0 Å². The number of carbonyl (C=O) groups excluding carboxylic acids is 2. The van der Waals surface area contributed by atoms with Crippen molar-refractivity contribution < 1.29 is 36.3 Å². The Morgan fingerprint density at radius 1 is 1.00 bits per heavy atom. The zero-order valence-electron chi connectivity index (χ0n) is 4.77. The van der Waals surface area contributed by atoms with Gasteiger partial charge in [0.1, 0.15) is 12.2 Å². The molecule has 0 saturated carbocycles. The Morgan fingerprint density at radius 2 is 1.27 bits per heavy atom. The first-order valence-electron chi connectivity index (χ1n) is 1.89. The predicted molar refractivity (Wildman–Crippen MR) is 32.2 cm³/mol. The average molecular weight is 241 g/mol. The van der Waals surface area contributed by atoms with Crippen LogP contribution in [0.25, 0.3) is 0 Å². The number of amides is 2. The van der Waals surface area contributed by atoms with E-state index in [1.54, 1.807) is 9.44 Å². The molecule has 2 N–H and O–H groups in total. The molecule has 0 aliphatic rings. The standard InChI is InChI=1S/C2H4N2O4S2.Ni/c5-1(6)3-9-10-4-2(7)8;/h3-4H,(H,5,6)(H,7,8);/q;+2/p-2. The van der Waals surface area contributed by atoms with Gasteiger partial charge < -0.3 is 29.2 Å². The topological polar surface area (TPSA) is 104 Å². The van der Waals surface area contributed by atoms with Gasteiger partial charge in [0.15, 0.2) is 0 Å².